The van der Waals surface area contributed by atoms with Crippen molar-refractivity contribution in [2.75, 3.05) is 24.2 Å². The van der Waals surface area contributed by atoms with Crippen LogP contribution in [-0.2, 0) is 32.6 Å². The number of carbonyl (C=O) groups excluding carboxylic acids is 2. The number of amides is 2. The summed E-state index contributed by atoms with van der Waals surface area (Å²) in [6.07, 6.45) is 1.38. The van der Waals surface area contributed by atoms with Gasteiger partial charge in [-0.1, -0.05) is 86.1 Å². The summed E-state index contributed by atoms with van der Waals surface area (Å²) < 4.78 is 26.8. The van der Waals surface area contributed by atoms with Crippen LogP contribution in [0.2, 0.25) is 0 Å². The van der Waals surface area contributed by atoms with E-state index in [0.717, 1.165) is 32.8 Å². The Morgan fingerprint density at radius 1 is 0.868 bits per heavy atom. The van der Waals surface area contributed by atoms with Crippen molar-refractivity contribution >= 4 is 27.5 Å². The highest BCUT2D eigenvalue weighted by Gasteiger charge is 2.32. The molecule has 3 rings (SSSR count). The van der Waals surface area contributed by atoms with Gasteiger partial charge in [0.25, 0.3) is 0 Å². The maximum atomic E-state index is 13.9. The molecule has 2 amide bonds. The van der Waals surface area contributed by atoms with E-state index in [1.807, 2.05) is 73.7 Å². The lowest BCUT2D eigenvalue weighted by Gasteiger charge is -2.33. The van der Waals surface area contributed by atoms with Crippen LogP contribution >= 0.6 is 0 Å². The van der Waals surface area contributed by atoms with E-state index in [-0.39, 0.29) is 18.4 Å². The Kier molecular flexibility index (Phi) is 9.69. The van der Waals surface area contributed by atoms with Gasteiger partial charge in [0.15, 0.2) is 0 Å². The van der Waals surface area contributed by atoms with Crippen molar-refractivity contribution in [3.05, 3.63) is 101 Å². The van der Waals surface area contributed by atoms with Gasteiger partial charge in [0, 0.05) is 20.0 Å². The Morgan fingerprint density at radius 3 is 2.00 bits per heavy atom. The van der Waals surface area contributed by atoms with Crippen LogP contribution in [0.4, 0.5) is 5.69 Å². The third-order valence-electron chi connectivity index (χ3n) is 6.52. The molecule has 202 valence electrons. The van der Waals surface area contributed by atoms with E-state index in [0.29, 0.717) is 12.1 Å². The fraction of sp³-hybridized carbons (Fsp3) is 0.333. The minimum absolute atomic E-state index is 0.161. The molecule has 0 bridgehead atoms. The second-order valence-electron chi connectivity index (χ2n) is 9.84. The maximum Gasteiger partial charge on any atom is 0.244 e. The average Bonchev–Trinajstić information content (AvgIpc) is 2.89. The first kappa shape index (κ1) is 28.9. The fourth-order valence-electron chi connectivity index (χ4n) is 4.25. The van der Waals surface area contributed by atoms with Gasteiger partial charge >= 0.3 is 0 Å². The van der Waals surface area contributed by atoms with Crippen LogP contribution in [0.1, 0.15) is 42.0 Å². The maximum absolute atomic E-state index is 13.9. The van der Waals surface area contributed by atoms with E-state index >= 15 is 0 Å². The first-order chi connectivity index (χ1) is 18.0. The second kappa shape index (κ2) is 12.7. The molecular weight excluding hydrogens is 498 g/mol. The molecule has 3 aromatic rings. The standard InChI is InChI=1S/C30H37N3O4S/c1-22(2)26-15-17-27(18-16-26)33(38(5,36)37)21-29(34)32(20-25-13-11-23(3)12-14-25)28(30(35)31-4)19-24-9-7-6-8-10-24/h6-18,22,28H,19-21H2,1-5H3,(H,31,35). The van der Waals surface area contributed by atoms with Crippen molar-refractivity contribution in [3.63, 3.8) is 0 Å². The zero-order valence-corrected chi connectivity index (χ0v) is 23.5. The first-order valence-corrected chi connectivity index (χ1v) is 14.5. The first-order valence-electron chi connectivity index (χ1n) is 12.7. The molecule has 0 aliphatic carbocycles. The van der Waals surface area contributed by atoms with Gasteiger partial charge in [-0.05, 0) is 41.7 Å². The van der Waals surface area contributed by atoms with Gasteiger partial charge in [-0.2, -0.15) is 0 Å². The average molecular weight is 536 g/mol. The Morgan fingerprint density at radius 2 is 1.47 bits per heavy atom. The summed E-state index contributed by atoms with van der Waals surface area (Å²) in [5.74, 6) is -0.497. The summed E-state index contributed by atoms with van der Waals surface area (Å²) in [5.41, 5.74) is 4.29. The molecule has 3 aromatic carbocycles. The molecule has 0 saturated carbocycles. The van der Waals surface area contributed by atoms with Gasteiger partial charge in [-0.25, -0.2) is 8.42 Å². The van der Waals surface area contributed by atoms with Crippen LogP contribution in [0, 0.1) is 6.92 Å². The third-order valence-corrected chi connectivity index (χ3v) is 7.66. The van der Waals surface area contributed by atoms with Crippen LogP contribution < -0.4 is 9.62 Å². The van der Waals surface area contributed by atoms with Crippen molar-refractivity contribution < 1.29 is 18.0 Å². The lowest BCUT2D eigenvalue weighted by Crippen LogP contribution is -2.52. The third kappa shape index (κ3) is 7.68. The van der Waals surface area contributed by atoms with Gasteiger partial charge in [-0.15, -0.1) is 0 Å². The van der Waals surface area contributed by atoms with Crippen LogP contribution in [0.5, 0.6) is 0 Å². The number of nitrogens with one attached hydrogen (secondary N) is 1. The molecule has 38 heavy (non-hydrogen) atoms. The molecule has 0 spiro atoms. The molecule has 0 aliphatic rings. The van der Waals surface area contributed by atoms with E-state index in [4.69, 9.17) is 0 Å². The van der Waals surface area contributed by atoms with E-state index in [2.05, 4.69) is 19.2 Å². The van der Waals surface area contributed by atoms with E-state index in [9.17, 15) is 18.0 Å². The predicted octanol–water partition coefficient (Wildman–Crippen LogP) is 4.27. The van der Waals surface area contributed by atoms with E-state index < -0.39 is 28.5 Å². The quantitative estimate of drug-likeness (QED) is 0.397. The number of sulfonamides is 1. The van der Waals surface area contributed by atoms with Crippen molar-refractivity contribution in [1.29, 1.82) is 0 Å². The summed E-state index contributed by atoms with van der Waals surface area (Å²) >= 11 is 0. The minimum atomic E-state index is -3.78. The lowest BCUT2D eigenvalue weighted by molar-refractivity contribution is -0.139. The van der Waals surface area contributed by atoms with Gasteiger partial charge in [0.2, 0.25) is 21.8 Å². The highest BCUT2D eigenvalue weighted by atomic mass is 32.2. The number of rotatable bonds is 11. The molecule has 7 nitrogen and oxygen atoms in total. The van der Waals surface area contributed by atoms with E-state index in [1.54, 1.807) is 12.1 Å². The zero-order valence-electron chi connectivity index (χ0n) is 22.7. The summed E-state index contributed by atoms with van der Waals surface area (Å²) in [5, 5.41) is 2.68. The Bertz CT molecular complexity index is 1320. The number of aryl methyl sites for hydroxylation is 1. The fourth-order valence-corrected chi connectivity index (χ4v) is 5.10. The van der Waals surface area contributed by atoms with Crippen molar-refractivity contribution in [3.8, 4) is 0 Å². The molecule has 1 atom stereocenters. The SMILES string of the molecule is CNC(=O)C(Cc1ccccc1)N(Cc1ccc(C)cc1)C(=O)CN(c1ccc(C(C)C)cc1)S(C)(=O)=O. The molecule has 0 aliphatic heterocycles. The molecule has 0 saturated heterocycles. The number of benzene rings is 3. The number of carbonyl (C=O) groups is 2. The van der Waals surface area contributed by atoms with Gasteiger partial charge in [0.1, 0.15) is 12.6 Å². The van der Waals surface area contributed by atoms with Gasteiger partial charge < -0.3 is 10.2 Å². The Hall–Kier alpha value is -3.65. The molecule has 1 unspecified atom stereocenters. The van der Waals surface area contributed by atoms with Gasteiger partial charge in [-0.3, -0.25) is 13.9 Å². The molecule has 0 heterocycles. The molecular formula is C30H37N3O4S. The van der Waals surface area contributed by atoms with Crippen molar-refractivity contribution in [2.45, 2.75) is 45.7 Å². The van der Waals surface area contributed by atoms with Crippen LogP contribution in [0.15, 0.2) is 78.9 Å². The summed E-state index contributed by atoms with van der Waals surface area (Å²) in [6, 6.07) is 23.5. The van der Waals surface area contributed by atoms with Crippen molar-refractivity contribution in [2.24, 2.45) is 0 Å². The Labute approximate surface area is 226 Å². The lowest BCUT2D eigenvalue weighted by atomic mass is 10.0. The molecule has 0 fully saturated rings. The number of nitrogens with zero attached hydrogens (tertiary/aromatic N) is 2. The highest BCUT2D eigenvalue weighted by molar-refractivity contribution is 7.92. The van der Waals surface area contributed by atoms with Crippen LogP contribution in [-0.4, -0.2) is 51.0 Å². The van der Waals surface area contributed by atoms with Crippen LogP contribution in [0.3, 0.4) is 0 Å². The number of hydrogen-bond acceptors (Lipinski definition) is 4. The normalized spacial score (nSPS) is 12.2. The zero-order chi connectivity index (χ0) is 27.9. The van der Waals surface area contributed by atoms with Gasteiger partial charge in [0.05, 0.1) is 11.9 Å². The molecule has 1 N–H and O–H groups in total. The molecule has 8 heteroatoms. The molecule has 0 radical (unpaired) electrons. The number of anilines is 1. The predicted molar refractivity (Wildman–Crippen MR) is 152 cm³/mol. The second-order valence-corrected chi connectivity index (χ2v) is 11.7. The minimum Gasteiger partial charge on any atom is -0.357 e. The van der Waals surface area contributed by atoms with Crippen LogP contribution in [0.25, 0.3) is 0 Å². The number of likely N-dealkylation sites (N-methyl/N-ethyl adjacent to an activating group) is 1. The summed E-state index contributed by atoms with van der Waals surface area (Å²) in [7, 11) is -2.25. The molecule has 0 aromatic heterocycles. The largest absolute Gasteiger partial charge is 0.357 e. The smallest absolute Gasteiger partial charge is 0.244 e. The summed E-state index contributed by atoms with van der Waals surface area (Å²) in [4.78, 5) is 28.5. The monoisotopic (exact) mass is 535 g/mol. The van der Waals surface area contributed by atoms with E-state index in [1.165, 1.54) is 11.9 Å². The Balaban J connectivity index is 2.00. The van der Waals surface area contributed by atoms with Crippen molar-refractivity contribution in [1.82, 2.24) is 10.2 Å². The summed E-state index contributed by atoms with van der Waals surface area (Å²) in [6.45, 7) is 5.83. The number of hydrogen-bond donors (Lipinski definition) is 1. The topological polar surface area (TPSA) is 86.8 Å². The highest BCUT2D eigenvalue weighted by Crippen LogP contribution is 2.23.